The van der Waals surface area contributed by atoms with Crippen molar-refractivity contribution in [2.45, 2.75) is 6.04 Å². The van der Waals surface area contributed by atoms with Crippen LogP contribution in [-0.2, 0) is 0 Å². The van der Waals surface area contributed by atoms with E-state index in [4.69, 9.17) is 11.6 Å². The highest BCUT2D eigenvalue weighted by Gasteiger charge is 2.18. The van der Waals surface area contributed by atoms with Gasteiger partial charge in [0.1, 0.15) is 6.04 Å². The molecule has 28 heavy (non-hydrogen) atoms. The van der Waals surface area contributed by atoms with Crippen LogP contribution in [0.25, 0.3) is 0 Å². The Bertz CT molecular complexity index is 1040. The first-order valence-electron chi connectivity index (χ1n) is 8.16. The van der Waals surface area contributed by atoms with Crippen molar-refractivity contribution < 1.29 is 14.7 Å². The largest absolute Gasteiger partial charge is 0.478 e. The Morgan fingerprint density at radius 1 is 1.07 bits per heavy atom. The first-order valence-corrected chi connectivity index (χ1v) is 8.54. The number of amides is 1. The van der Waals surface area contributed by atoms with Gasteiger partial charge in [0.25, 0.3) is 5.91 Å². The van der Waals surface area contributed by atoms with Crippen molar-refractivity contribution in [3.8, 4) is 0 Å². The number of rotatable bonds is 6. The number of benzene rings is 2. The van der Waals surface area contributed by atoms with Crippen molar-refractivity contribution in [2.75, 3.05) is 5.32 Å². The number of carboxylic acids is 1. The van der Waals surface area contributed by atoms with Gasteiger partial charge >= 0.3 is 5.97 Å². The zero-order valence-electron chi connectivity index (χ0n) is 14.4. The van der Waals surface area contributed by atoms with Gasteiger partial charge in [0, 0.05) is 28.5 Å². The average molecular weight is 396 g/mol. The van der Waals surface area contributed by atoms with Crippen molar-refractivity contribution in [2.24, 2.45) is 5.18 Å². The van der Waals surface area contributed by atoms with E-state index in [0.717, 1.165) is 0 Å². The summed E-state index contributed by atoms with van der Waals surface area (Å²) in [6.07, 6.45) is 3.12. The van der Waals surface area contributed by atoms with E-state index < -0.39 is 17.9 Å². The Morgan fingerprint density at radius 2 is 1.86 bits per heavy atom. The maximum atomic E-state index is 12.6. The van der Waals surface area contributed by atoms with Crippen molar-refractivity contribution in [1.82, 2.24) is 4.98 Å². The molecule has 1 atom stereocenters. The van der Waals surface area contributed by atoms with E-state index in [-0.39, 0.29) is 21.8 Å². The van der Waals surface area contributed by atoms with E-state index >= 15 is 0 Å². The monoisotopic (exact) mass is 395 g/mol. The van der Waals surface area contributed by atoms with E-state index in [9.17, 15) is 19.6 Å². The fourth-order valence-corrected chi connectivity index (χ4v) is 2.87. The fourth-order valence-electron chi connectivity index (χ4n) is 2.70. The minimum Gasteiger partial charge on any atom is -0.478 e. The standard InChI is InChI=1S/C20H14ClN3O4/c21-15-6-7-17(16(10-15)20(26)27)23-19(25)13-4-1-3-12(9-13)18(24-28)14-5-2-8-22-11-14/h1-11,18H,(H,23,25)(H,26,27). The molecule has 1 unspecified atom stereocenters. The number of aromatic carboxylic acids is 1. The summed E-state index contributed by atoms with van der Waals surface area (Å²) in [5.74, 6) is -1.74. The highest BCUT2D eigenvalue weighted by molar-refractivity contribution is 6.31. The minimum absolute atomic E-state index is 0.115. The quantitative estimate of drug-likeness (QED) is 0.595. The van der Waals surface area contributed by atoms with Crippen LogP contribution in [0.15, 0.2) is 72.2 Å². The van der Waals surface area contributed by atoms with Gasteiger partial charge in [-0.05, 0) is 42.0 Å². The predicted octanol–water partition coefficient (Wildman–Crippen LogP) is 4.54. The fraction of sp³-hybridized carbons (Fsp3) is 0.0500. The van der Waals surface area contributed by atoms with Crippen LogP contribution in [0.2, 0.25) is 5.02 Å². The van der Waals surface area contributed by atoms with Crippen molar-refractivity contribution in [3.05, 3.63) is 99.2 Å². The van der Waals surface area contributed by atoms with E-state index in [1.54, 1.807) is 36.5 Å². The van der Waals surface area contributed by atoms with E-state index in [1.807, 2.05) is 0 Å². The zero-order valence-corrected chi connectivity index (χ0v) is 15.1. The van der Waals surface area contributed by atoms with Gasteiger partial charge in [0.05, 0.1) is 11.3 Å². The van der Waals surface area contributed by atoms with Gasteiger partial charge < -0.3 is 10.4 Å². The van der Waals surface area contributed by atoms with E-state index in [2.05, 4.69) is 15.5 Å². The van der Waals surface area contributed by atoms with Crippen LogP contribution in [0.4, 0.5) is 5.69 Å². The lowest BCUT2D eigenvalue weighted by molar-refractivity contribution is 0.0698. The first kappa shape index (κ1) is 19.2. The van der Waals surface area contributed by atoms with E-state index in [1.165, 1.54) is 30.5 Å². The molecule has 3 aromatic rings. The van der Waals surface area contributed by atoms with Gasteiger partial charge in [-0.3, -0.25) is 9.78 Å². The van der Waals surface area contributed by atoms with Crippen LogP contribution in [0.1, 0.15) is 37.9 Å². The van der Waals surface area contributed by atoms with Crippen molar-refractivity contribution in [3.63, 3.8) is 0 Å². The number of hydrogen-bond acceptors (Lipinski definition) is 5. The molecule has 1 heterocycles. The highest BCUT2D eigenvalue weighted by Crippen LogP contribution is 2.27. The summed E-state index contributed by atoms with van der Waals surface area (Å²) in [6.45, 7) is 0. The van der Waals surface area contributed by atoms with Crippen molar-refractivity contribution >= 4 is 29.2 Å². The number of hydrogen-bond donors (Lipinski definition) is 2. The molecule has 0 saturated heterocycles. The molecule has 0 aliphatic rings. The Balaban J connectivity index is 1.89. The smallest absolute Gasteiger partial charge is 0.337 e. The van der Waals surface area contributed by atoms with Gasteiger partial charge in [-0.25, -0.2) is 4.79 Å². The van der Waals surface area contributed by atoms with Gasteiger partial charge in [0.15, 0.2) is 0 Å². The molecular weight excluding hydrogens is 382 g/mol. The summed E-state index contributed by atoms with van der Waals surface area (Å²) in [7, 11) is 0. The molecule has 8 heteroatoms. The molecule has 0 fully saturated rings. The lowest BCUT2D eigenvalue weighted by atomic mass is 9.99. The zero-order chi connectivity index (χ0) is 20.1. The third-order valence-corrected chi connectivity index (χ3v) is 4.27. The number of aromatic nitrogens is 1. The topological polar surface area (TPSA) is 109 Å². The molecule has 140 valence electrons. The number of halogens is 1. The van der Waals surface area contributed by atoms with Gasteiger partial charge in [-0.1, -0.05) is 35.0 Å². The molecule has 0 spiro atoms. The van der Waals surface area contributed by atoms with Gasteiger partial charge in [-0.2, -0.15) is 0 Å². The Hall–Kier alpha value is -3.58. The lowest BCUT2D eigenvalue weighted by Crippen LogP contribution is -2.15. The number of pyridine rings is 1. The van der Waals surface area contributed by atoms with Crippen LogP contribution < -0.4 is 5.32 Å². The molecule has 0 radical (unpaired) electrons. The van der Waals surface area contributed by atoms with Crippen LogP contribution >= 0.6 is 11.6 Å². The molecule has 7 nitrogen and oxygen atoms in total. The summed E-state index contributed by atoms with van der Waals surface area (Å²) in [4.78, 5) is 39.3. The second kappa shape index (κ2) is 8.41. The number of carbonyl (C=O) groups is 2. The lowest BCUT2D eigenvalue weighted by Gasteiger charge is -2.12. The predicted molar refractivity (Wildman–Crippen MR) is 105 cm³/mol. The second-order valence-electron chi connectivity index (χ2n) is 5.87. The Kier molecular flexibility index (Phi) is 5.76. The van der Waals surface area contributed by atoms with Crippen LogP contribution in [0.3, 0.4) is 0 Å². The van der Waals surface area contributed by atoms with Crippen LogP contribution in [0, 0.1) is 4.91 Å². The maximum absolute atomic E-state index is 12.6. The number of carbonyl (C=O) groups excluding carboxylic acids is 1. The third-order valence-electron chi connectivity index (χ3n) is 4.03. The van der Waals surface area contributed by atoms with Crippen molar-refractivity contribution in [1.29, 1.82) is 0 Å². The average Bonchev–Trinajstić information content (AvgIpc) is 2.71. The number of nitroso groups, excluding NO2 is 1. The normalized spacial score (nSPS) is 11.5. The highest BCUT2D eigenvalue weighted by atomic mass is 35.5. The molecule has 2 aromatic carbocycles. The van der Waals surface area contributed by atoms with E-state index in [0.29, 0.717) is 11.1 Å². The molecule has 0 saturated carbocycles. The molecule has 0 bridgehead atoms. The molecule has 3 rings (SSSR count). The van der Waals surface area contributed by atoms with Gasteiger partial charge in [0.2, 0.25) is 0 Å². The molecule has 1 amide bonds. The van der Waals surface area contributed by atoms with Crippen LogP contribution in [-0.4, -0.2) is 22.0 Å². The number of anilines is 1. The SMILES string of the molecule is O=NC(c1cccnc1)c1cccc(C(=O)Nc2ccc(Cl)cc2C(=O)O)c1. The Morgan fingerprint density at radius 3 is 2.54 bits per heavy atom. The number of nitrogens with one attached hydrogen (secondary N) is 1. The molecule has 0 aliphatic carbocycles. The Labute approximate surface area is 165 Å². The summed E-state index contributed by atoms with van der Waals surface area (Å²) in [5.41, 5.74) is 1.36. The van der Waals surface area contributed by atoms with Gasteiger partial charge in [-0.15, -0.1) is 4.91 Å². The maximum Gasteiger partial charge on any atom is 0.337 e. The second-order valence-corrected chi connectivity index (χ2v) is 6.31. The summed E-state index contributed by atoms with van der Waals surface area (Å²) in [5, 5.41) is 15.2. The molecule has 0 aliphatic heterocycles. The minimum atomic E-state index is -1.21. The summed E-state index contributed by atoms with van der Waals surface area (Å²) < 4.78 is 0. The number of carboxylic acid groups (broad SMARTS) is 1. The van der Waals surface area contributed by atoms with Crippen LogP contribution in [0.5, 0.6) is 0 Å². The molecular formula is C20H14ClN3O4. The number of nitrogens with zero attached hydrogens (tertiary/aromatic N) is 2. The summed E-state index contributed by atoms with van der Waals surface area (Å²) in [6, 6.07) is 13.1. The third kappa shape index (κ3) is 4.21. The first-order chi connectivity index (χ1) is 13.5. The summed E-state index contributed by atoms with van der Waals surface area (Å²) >= 11 is 5.82. The molecule has 1 aromatic heterocycles. The molecule has 2 N–H and O–H groups in total.